The second-order valence-corrected chi connectivity index (χ2v) is 7.06. The molecule has 0 saturated carbocycles. The van der Waals surface area contributed by atoms with Crippen LogP contribution in [0.4, 0.5) is 0 Å². The predicted octanol–water partition coefficient (Wildman–Crippen LogP) is 2.06. The molecule has 6 heteroatoms. The molecule has 0 radical (unpaired) electrons. The standard InChI is InChI=1S/C16H24N2O3S/c1-11-4-6-13(15(19)17-8-9-21-3)10-18(11)16(20)14-7-5-12(2)22-14/h5,7,11,13H,4,6,8-10H2,1-3H3,(H,17,19)/t11-,13-/m1/s1. The van der Waals surface area contributed by atoms with E-state index >= 15 is 0 Å². The van der Waals surface area contributed by atoms with Gasteiger partial charge in [-0.15, -0.1) is 11.3 Å². The summed E-state index contributed by atoms with van der Waals surface area (Å²) < 4.78 is 4.94. The third-order valence-electron chi connectivity index (χ3n) is 4.07. The van der Waals surface area contributed by atoms with Crippen LogP contribution < -0.4 is 5.32 Å². The van der Waals surface area contributed by atoms with Gasteiger partial charge in [-0.3, -0.25) is 9.59 Å². The number of likely N-dealkylation sites (tertiary alicyclic amines) is 1. The zero-order valence-electron chi connectivity index (χ0n) is 13.4. The van der Waals surface area contributed by atoms with Crippen molar-refractivity contribution in [2.75, 3.05) is 26.8 Å². The molecule has 0 aliphatic carbocycles. The first-order valence-corrected chi connectivity index (χ1v) is 8.48. The molecule has 0 unspecified atom stereocenters. The normalized spacial score (nSPS) is 21.7. The maximum Gasteiger partial charge on any atom is 0.264 e. The van der Waals surface area contributed by atoms with E-state index in [4.69, 9.17) is 4.74 Å². The number of nitrogens with zero attached hydrogens (tertiary/aromatic N) is 1. The third-order valence-corrected chi connectivity index (χ3v) is 5.06. The molecular weight excluding hydrogens is 300 g/mol. The lowest BCUT2D eigenvalue weighted by Gasteiger charge is -2.37. The number of piperidine rings is 1. The summed E-state index contributed by atoms with van der Waals surface area (Å²) in [6.07, 6.45) is 1.69. The Hall–Kier alpha value is -1.40. The van der Waals surface area contributed by atoms with Crippen LogP contribution in [0.25, 0.3) is 0 Å². The van der Waals surface area contributed by atoms with E-state index in [1.165, 1.54) is 11.3 Å². The fourth-order valence-electron chi connectivity index (χ4n) is 2.72. The second kappa shape index (κ2) is 7.74. The average Bonchev–Trinajstić information content (AvgIpc) is 2.93. The molecule has 2 atom stereocenters. The Morgan fingerprint density at radius 1 is 1.41 bits per heavy atom. The average molecular weight is 324 g/mol. The van der Waals surface area contributed by atoms with Crippen molar-refractivity contribution in [2.24, 2.45) is 5.92 Å². The van der Waals surface area contributed by atoms with Crippen LogP contribution in [0, 0.1) is 12.8 Å². The van der Waals surface area contributed by atoms with E-state index in [1.54, 1.807) is 7.11 Å². The fraction of sp³-hybridized carbons (Fsp3) is 0.625. The highest BCUT2D eigenvalue weighted by atomic mass is 32.1. The van der Waals surface area contributed by atoms with Gasteiger partial charge in [0.05, 0.1) is 17.4 Å². The van der Waals surface area contributed by atoms with Gasteiger partial charge in [0.25, 0.3) is 5.91 Å². The molecule has 122 valence electrons. The first-order chi connectivity index (χ1) is 10.5. The summed E-state index contributed by atoms with van der Waals surface area (Å²) in [4.78, 5) is 28.5. The summed E-state index contributed by atoms with van der Waals surface area (Å²) in [5.41, 5.74) is 0. The van der Waals surface area contributed by atoms with Crippen LogP contribution in [0.5, 0.6) is 0 Å². The second-order valence-electron chi connectivity index (χ2n) is 5.77. The molecule has 5 nitrogen and oxygen atoms in total. The summed E-state index contributed by atoms with van der Waals surface area (Å²) >= 11 is 1.51. The van der Waals surface area contributed by atoms with E-state index in [0.717, 1.165) is 22.6 Å². The lowest BCUT2D eigenvalue weighted by Crippen LogP contribution is -2.49. The zero-order valence-corrected chi connectivity index (χ0v) is 14.2. The number of aryl methyl sites for hydroxylation is 1. The number of ether oxygens (including phenoxy) is 1. The minimum Gasteiger partial charge on any atom is -0.383 e. The largest absolute Gasteiger partial charge is 0.383 e. The Morgan fingerprint density at radius 3 is 2.82 bits per heavy atom. The molecule has 2 amide bonds. The molecule has 0 bridgehead atoms. The van der Waals surface area contributed by atoms with Crippen molar-refractivity contribution >= 4 is 23.2 Å². The van der Waals surface area contributed by atoms with Gasteiger partial charge in [0.2, 0.25) is 5.91 Å². The minimum atomic E-state index is -0.127. The Kier molecular flexibility index (Phi) is 5.97. The van der Waals surface area contributed by atoms with Crippen LogP contribution in [0.15, 0.2) is 12.1 Å². The van der Waals surface area contributed by atoms with E-state index in [1.807, 2.05) is 24.0 Å². The van der Waals surface area contributed by atoms with E-state index in [9.17, 15) is 9.59 Å². The maximum absolute atomic E-state index is 12.6. The van der Waals surface area contributed by atoms with Crippen LogP contribution in [0.1, 0.15) is 34.3 Å². The monoisotopic (exact) mass is 324 g/mol. The number of rotatable bonds is 5. The first-order valence-electron chi connectivity index (χ1n) is 7.67. The van der Waals surface area contributed by atoms with Gasteiger partial charge < -0.3 is 15.0 Å². The number of hydrogen-bond donors (Lipinski definition) is 1. The quantitative estimate of drug-likeness (QED) is 0.844. The Balaban J connectivity index is 1.98. The summed E-state index contributed by atoms with van der Waals surface area (Å²) in [7, 11) is 1.61. The molecule has 1 aliphatic rings. The summed E-state index contributed by atoms with van der Waals surface area (Å²) in [6, 6.07) is 4.01. The van der Waals surface area contributed by atoms with E-state index in [0.29, 0.717) is 19.7 Å². The molecule has 0 spiro atoms. The highest BCUT2D eigenvalue weighted by molar-refractivity contribution is 7.13. The lowest BCUT2D eigenvalue weighted by atomic mass is 9.92. The van der Waals surface area contributed by atoms with E-state index in [-0.39, 0.29) is 23.8 Å². The lowest BCUT2D eigenvalue weighted by molar-refractivity contribution is -0.126. The van der Waals surface area contributed by atoms with Crippen LogP contribution in [-0.2, 0) is 9.53 Å². The number of amides is 2. The van der Waals surface area contributed by atoms with Gasteiger partial charge in [0, 0.05) is 31.1 Å². The molecular formula is C16H24N2O3S. The minimum absolute atomic E-state index is 0.0177. The van der Waals surface area contributed by atoms with Gasteiger partial charge in [-0.25, -0.2) is 0 Å². The molecule has 2 heterocycles. The number of hydrogen-bond acceptors (Lipinski definition) is 4. The van der Waals surface area contributed by atoms with Crippen molar-refractivity contribution in [3.63, 3.8) is 0 Å². The van der Waals surface area contributed by atoms with Gasteiger partial charge in [-0.2, -0.15) is 0 Å². The molecule has 0 aromatic carbocycles. The zero-order chi connectivity index (χ0) is 16.1. The number of carbonyl (C=O) groups excluding carboxylic acids is 2. The number of thiophene rings is 1. The van der Waals surface area contributed by atoms with Gasteiger partial charge in [0.1, 0.15) is 0 Å². The third kappa shape index (κ3) is 4.08. The smallest absolute Gasteiger partial charge is 0.264 e. The Morgan fingerprint density at radius 2 is 2.18 bits per heavy atom. The van der Waals surface area contributed by atoms with E-state index in [2.05, 4.69) is 12.2 Å². The summed E-state index contributed by atoms with van der Waals surface area (Å²) in [5.74, 6) is -0.0674. The number of carbonyl (C=O) groups is 2. The van der Waals surface area contributed by atoms with Gasteiger partial charge in [-0.1, -0.05) is 0 Å². The van der Waals surface area contributed by atoms with Crippen LogP contribution in [0.2, 0.25) is 0 Å². The summed E-state index contributed by atoms with van der Waals surface area (Å²) in [6.45, 7) is 5.56. The molecule has 1 saturated heterocycles. The van der Waals surface area contributed by atoms with Crippen LogP contribution >= 0.6 is 11.3 Å². The van der Waals surface area contributed by atoms with E-state index < -0.39 is 0 Å². The fourth-order valence-corrected chi connectivity index (χ4v) is 3.54. The maximum atomic E-state index is 12.6. The van der Waals surface area contributed by atoms with Crippen LogP contribution in [-0.4, -0.2) is 49.6 Å². The predicted molar refractivity (Wildman–Crippen MR) is 87.2 cm³/mol. The molecule has 1 N–H and O–H groups in total. The molecule has 2 rings (SSSR count). The van der Waals surface area contributed by atoms with Gasteiger partial charge in [-0.05, 0) is 38.8 Å². The topological polar surface area (TPSA) is 58.6 Å². The highest BCUT2D eigenvalue weighted by Gasteiger charge is 2.33. The molecule has 1 aromatic rings. The SMILES string of the molecule is COCCNC(=O)[C@@H]1CC[C@@H](C)N(C(=O)c2ccc(C)s2)C1. The van der Waals surface area contributed by atoms with Crippen molar-refractivity contribution in [3.8, 4) is 0 Å². The Bertz CT molecular complexity index is 529. The summed E-state index contributed by atoms with van der Waals surface area (Å²) in [5, 5.41) is 2.87. The highest BCUT2D eigenvalue weighted by Crippen LogP contribution is 2.26. The number of methoxy groups -OCH3 is 1. The first kappa shape index (κ1) is 17.0. The van der Waals surface area contributed by atoms with Crippen molar-refractivity contribution < 1.29 is 14.3 Å². The van der Waals surface area contributed by atoms with Gasteiger partial charge >= 0.3 is 0 Å². The number of nitrogens with one attached hydrogen (secondary N) is 1. The molecule has 1 fully saturated rings. The van der Waals surface area contributed by atoms with Crippen molar-refractivity contribution in [1.29, 1.82) is 0 Å². The van der Waals surface area contributed by atoms with Gasteiger partial charge in [0.15, 0.2) is 0 Å². The molecule has 1 aliphatic heterocycles. The molecule has 1 aromatic heterocycles. The Labute approximate surface area is 135 Å². The van der Waals surface area contributed by atoms with Crippen molar-refractivity contribution in [1.82, 2.24) is 10.2 Å². The van der Waals surface area contributed by atoms with Crippen molar-refractivity contribution in [2.45, 2.75) is 32.7 Å². The van der Waals surface area contributed by atoms with Crippen LogP contribution in [0.3, 0.4) is 0 Å². The van der Waals surface area contributed by atoms with Crippen molar-refractivity contribution in [3.05, 3.63) is 21.9 Å². The molecule has 22 heavy (non-hydrogen) atoms.